The summed E-state index contributed by atoms with van der Waals surface area (Å²) in [4.78, 5) is 21.6. The number of halogens is 2. The highest BCUT2D eigenvalue weighted by Crippen LogP contribution is 2.45. The number of hydrogen-bond donors (Lipinski definition) is 0. The van der Waals surface area contributed by atoms with Crippen molar-refractivity contribution in [2.24, 2.45) is 0 Å². The zero-order valence-corrected chi connectivity index (χ0v) is 18.3. The zero-order valence-electron chi connectivity index (χ0n) is 18.3. The number of nitriles is 1. The Hall–Kier alpha value is -3.05. The molecule has 5 rings (SSSR count). The molecule has 2 unspecified atom stereocenters. The first-order valence-electron chi connectivity index (χ1n) is 11.5. The fraction of sp³-hybridized carbons (Fsp3) is 0.480. The molecule has 3 aliphatic rings. The van der Waals surface area contributed by atoms with Gasteiger partial charge in [-0.05, 0) is 61.9 Å². The third kappa shape index (κ3) is 4.06. The molecule has 2 bridgehead atoms. The summed E-state index contributed by atoms with van der Waals surface area (Å²) in [7, 11) is 0. The monoisotopic (exact) mass is 452 g/mol. The molecule has 33 heavy (non-hydrogen) atoms. The lowest BCUT2D eigenvalue weighted by atomic mass is 9.75. The molecule has 8 heteroatoms. The molecule has 2 atom stereocenters. The normalized spacial score (nSPS) is 23.2. The number of pyridine rings is 1. The third-order valence-electron chi connectivity index (χ3n) is 7.28. The molecular formula is C25H26F2N4O2. The molecule has 3 fully saturated rings. The maximum atomic E-state index is 13.7. The average molecular weight is 453 g/mol. The number of hydrogen-bond acceptors (Lipinski definition) is 5. The number of benzene rings is 1. The molecule has 0 radical (unpaired) electrons. The minimum Gasteiger partial charge on any atom is -0.370 e. The summed E-state index contributed by atoms with van der Waals surface area (Å²) in [6, 6.07) is 10.1. The lowest BCUT2D eigenvalue weighted by Crippen LogP contribution is -2.56. The molecule has 2 saturated heterocycles. The van der Waals surface area contributed by atoms with E-state index in [0.29, 0.717) is 24.2 Å². The maximum absolute atomic E-state index is 13.7. The summed E-state index contributed by atoms with van der Waals surface area (Å²) in [5.74, 6) is -0.827. The number of fused-ring (bicyclic) bond motifs is 2. The Morgan fingerprint density at radius 2 is 1.91 bits per heavy atom. The molecule has 2 aliphatic heterocycles. The summed E-state index contributed by atoms with van der Waals surface area (Å²) < 4.78 is 33.2. The lowest BCUT2D eigenvalue weighted by molar-refractivity contribution is -0.140. The van der Waals surface area contributed by atoms with Crippen LogP contribution in [0.25, 0.3) is 0 Å². The van der Waals surface area contributed by atoms with E-state index in [1.165, 1.54) is 6.07 Å². The number of carbonyl (C=O) groups excluding carboxylic acids is 1. The maximum Gasteiger partial charge on any atom is 0.225 e. The van der Waals surface area contributed by atoms with Crippen LogP contribution in [0, 0.1) is 23.0 Å². The van der Waals surface area contributed by atoms with Crippen molar-refractivity contribution >= 4 is 11.7 Å². The van der Waals surface area contributed by atoms with Crippen molar-refractivity contribution in [1.29, 1.82) is 5.26 Å². The van der Waals surface area contributed by atoms with Crippen LogP contribution in [-0.4, -0.2) is 47.6 Å². The number of carbonyl (C=O) groups is 1. The second-order valence-electron chi connectivity index (χ2n) is 9.18. The van der Waals surface area contributed by atoms with Gasteiger partial charge in [-0.2, -0.15) is 5.26 Å². The number of ether oxygens (including phenoxy) is 1. The number of rotatable bonds is 6. The number of aromatic nitrogens is 1. The average Bonchev–Trinajstić information content (AvgIpc) is 3.06. The largest absolute Gasteiger partial charge is 0.370 e. The van der Waals surface area contributed by atoms with Crippen molar-refractivity contribution in [2.75, 3.05) is 24.6 Å². The van der Waals surface area contributed by atoms with Crippen LogP contribution in [0.2, 0.25) is 0 Å². The van der Waals surface area contributed by atoms with Crippen molar-refractivity contribution < 1.29 is 18.3 Å². The Morgan fingerprint density at radius 3 is 2.48 bits per heavy atom. The van der Waals surface area contributed by atoms with E-state index in [9.17, 15) is 13.6 Å². The van der Waals surface area contributed by atoms with E-state index in [-0.39, 0.29) is 31.0 Å². The number of likely N-dealkylation sites (tertiary alicyclic amines) is 1. The fourth-order valence-electron chi connectivity index (χ4n) is 5.37. The van der Waals surface area contributed by atoms with Crippen LogP contribution in [0.15, 0.2) is 36.5 Å². The van der Waals surface area contributed by atoms with E-state index < -0.39 is 17.2 Å². The van der Waals surface area contributed by atoms with Crippen LogP contribution in [0.1, 0.15) is 49.7 Å². The molecule has 1 saturated carbocycles. The highest BCUT2D eigenvalue weighted by atomic mass is 19.2. The van der Waals surface area contributed by atoms with Crippen molar-refractivity contribution in [2.45, 2.75) is 56.2 Å². The van der Waals surface area contributed by atoms with E-state index >= 15 is 0 Å². The molecule has 1 aromatic heterocycles. The van der Waals surface area contributed by atoms with E-state index in [1.54, 1.807) is 18.3 Å². The Balaban J connectivity index is 1.18. The molecule has 1 amide bonds. The van der Waals surface area contributed by atoms with Crippen LogP contribution < -0.4 is 4.90 Å². The van der Waals surface area contributed by atoms with Crippen molar-refractivity contribution in [1.82, 2.24) is 9.88 Å². The second kappa shape index (κ2) is 8.71. The summed E-state index contributed by atoms with van der Waals surface area (Å²) in [5.41, 5.74) is 0.558. The summed E-state index contributed by atoms with van der Waals surface area (Å²) in [5, 5.41) is 8.99. The Morgan fingerprint density at radius 1 is 1.15 bits per heavy atom. The van der Waals surface area contributed by atoms with Crippen LogP contribution >= 0.6 is 0 Å². The minimum absolute atomic E-state index is 0.0547. The molecule has 1 aromatic carbocycles. The lowest BCUT2D eigenvalue weighted by Gasteiger charge is -2.43. The molecular weight excluding hydrogens is 426 g/mol. The molecule has 3 heterocycles. The van der Waals surface area contributed by atoms with Gasteiger partial charge in [-0.25, -0.2) is 13.8 Å². The van der Waals surface area contributed by atoms with Crippen LogP contribution in [0.3, 0.4) is 0 Å². The minimum atomic E-state index is -0.872. The van der Waals surface area contributed by atoms with Crippen LogP contribution in [0.5, 0.6) is 0 Å². The highest BCUT2D eigenvalue weighted by Gasteiger charge is 2.43. The van der Waals surface area contributed by atoms with Gasteiger partial charge in [0, 0.05) is 31.4 Å². The van der Waals surface area contributed by atoms with E-state index in [2.05, 4.69) is 16.0 Å². The van der Waals surface area contributed by atoms with E-state index in [1.807, 2.05) is 11.0 Å². The first-order chi connectivity index (χ1) is 16.0. The van der Waals surface area contributed by atoms with Gasteiger partial charge in [0.2, 0.25) is 5.91 Å². The predicted molar refractivity (Wildman–Crippen MR) is 117 cm³/mol. The van der Waals surface area contributed by atoms with Crippen molar-refractivity contribution in [3.8, 4) is 6.07 Å². The number of piperazine rings is 1. The number of nitrogens with zero attached hydrogens (tertiary/aromatic N) is 4. The van der Waals surface area contributed by atoms with Gasteiger partial charge in [0.1, 0.15) is 11.9 Å². The molecule has 0 spiro atoms. The topological polar surface area (TPSA) is 69.5 Å². The SMILES string of the molecule is N#Cc1ccc(N2C3CCC2CN(C(=O)CCOC2(c4ccc(F)c(F)c4)CCC2)C3)nc1. The highest BCUT2D eigenvalue weighted by molar-refractivity contribution is 5.77. The first-order valence-corrected chi connectivity index (χ1v) is 11.5. The van der Waals surface area contributed by atoms with Crippen molar-refractivity contribution in [3.05, 3.63) is 59.3 Å². The van der Waals surface area contributed by atoms with Gasteiger partial charge in [0.25, 0.3) is 0 Å². The molecule has 0 N–H and O–H groups in total. The van der Waals surface area contributed by atoms with Crippen LogP contribution in [-0.2, 0) is 15.1 Å². The fourth-order valence-corrected chi connectivity index (χ4v) is 5.37. The van der Waals surface area contributed by atoms with Gasteiger partial charge in [0.15, 0.2) is 11.6 Å². The standard InChI is InChI=1S/C25H26F2N4O2/c26-21-6-3-18(12-22(21)27)25(9-1-10-25)33-11-8-24(32)30-15-19-4-5-20(16-30)31(19)23-7-2-17(13-28)14-29-23/h2-3,6-7,12,14,19-20H,1,4-5,8-11,15-16H2. The van der Waals surface area contributed by atoms with E-state index in [4.69, 9.17) is 10.00 Å². The van der Waals surface area contributed by atoms with Gasteiger partial charge >= 0.3 is 0 Å². The quantitative estimate of drug-likeness (QED) is 0.665. The molecule has 172 valence electrons. The Labute approximate surface area is 191 Å². The number of amides is 1. The molecule has 1 aliphatic carbocycles. The summed E-state index contributed by atoms with van der Waals surface area (Å²) in [6.45, 7) is 1.54. The van der Waals surface area contributed by atoms with E-state index in [0.717, 1.165) is 44.0 Å². The van der Waals surface area contributed by atoms with Crippen molar-refractivity contribution in [3.63, 3.8) is 0 Å². The van der Waals surface area contributed by atoms with Gasteiger partial charge in [-0.3, -0.25) is 4.79 Å². The van der Waals surface area contributed by atoms with Gasteiger partial charge in [-0.15, -0.1) is 0 Å². The number of anilines is 1. The van der Waals surface area contributed by atoms with Crippen LogP contribution in [0.4, 0.5) is 14.6 Å². The molecule has 6 nitrogen and oxygen atoms in total. The summed E-state index contributed by atoms with van der Waals surface area (Å²) in [6.07, 6.45) is 6.31. The smallest absolute Gasteiger partial charge is 0.225 e. The predicted octanol–water partition coefficient (Wildman–Crippen LogP) is 3.90. The van der Waals surface area contributed by atoms with Gasteiger partial charge in [-0.1, -0.05) is 6.07 Å². The third-order valence-corrected chi connectivity index (χ3v) is 7.28. The summed E-state index contributed by atoms with van der Waals surface area (Å²) >= 11 is 0. The van der Waals surface area contributed by atoms with Gasteiger partial charge < -0.3 is 14.5 Å². The Kier molecular flexibility index (Phi) is 5.75. The Bertz CT molecular complexity index is 1070. The first kappa shape index (κ1) is 21.8. The molecule has 2 aromatic rings. The zero-order chi connectivity index (χ0) is 23.0. The van der Waals surface area contributed by atoms with Gasteiger partial charge in [0.05, 0.1) is 24.2 Å². The second-order valence-corrected chi connectivity index (χ2v) is 9.18.